The number of nitrogens with one attached hydrogen (secondary N) is 1. The Balaban J connectivity index is 1.64. The van der Waals surface area contributed by atoms with E-state index < -0.39 is 30.4 Å². The molecule has 1 fully saturated rings. The molecule has 0 spiro atoms. The Hall–Kier alpha value is -2.32. The average Bonchev–Trinajstić information content (AvgIpc) is 3.07. The number of alkyl halides is 1. The predicted octanol–water partition coefficient (Wildman–Crippen LogP) is 3.17. The van der Waals surface area contributed by atoms with Gasteiger partial charge in [0.15, 0.2) is 11.8 Å². The lowest BCUT2D eigenvalue weighted by Gasteiger charge is -2.30. The Kier molecular flexibility index (Phi) is 7.71. The van der Waals surface area contributed by atoms with Crippen molar-refractivity contribution in [1.82, 2.24) is 5.48 Å². The van der Waals surface area contributed by atoms with E-state index in [9.17, 15) is 9.18 Å². The Labute approximate surface area is 169 Å². The first-order chi connectivity index (χ1) is 14.1. The molecule has 7 heteroatoms. The highest BCUT2D eigenvalue weighted by Crippen LogP contribution is 2.33. The third-order valence-electron chi connectivity index (χ3n) is 4.81. The van der Waals surface area contributed by atoms with Crippen LogP contribution in [0.15, 0.2) is 60.7 Å². The summed E-state index contributed by atoms with van der Waals surface area (Å²) in [5, 5.41) is 0. The summed E-state index contributed by atoms with van der Waals surface area (Å²) in [7, 11) is 0. The third-order valence-corrected chi connectivity index (χ3v) is 4.81. The zero-order valence-electron chi connectivity index (χ0n) is 16.4. The number of carbonyl (C=O) groups excluding carboxylic acids is 1. The van der Waals surface area contributed by atoms with E-state index in [1.165, 1.54) is 6.92 Å². The molecule has 1 aliphatic rings. The fourth-order valence-corrected chi connectivity index (χ4v) is 3.23. The quantitative estimate of drug-likeness (QED) is 0.615. The number of esters is 1. The van der Waals surface area contributed by atoms with Crippen molar-refractivity contribution in [2.24, 2.45) is 5.92 Å². The highest BCUT2D eigenvalue weighted by molar-refractivity contribution is 5.66. The Morgan fingerprint density at radius 3 is 2.17 bits per heavy atom. The number of carbonyl (C=O) groups is 1. The summed E-state index contributed by atoms with van der Waals surface area (Å²) in [6, 6.07) is 19.2. The van der Waals surface area contributed by atoms with E-state index >= 15 is 0 Å². The first-order valence-corrected chi connectivity index (χ1v) is 9.53. The molecule has 0 amide bonds. The summed E-state index contributed by atoms with van der Waals surface area (Å²) in [6.07, 6.45) is -0.820. The fraction of sp³-hybridized carbons (Fsp3) is 0.409. The Morgan fingerprint density at radius 2 is 1.62 bits per heavy atom. The molecular weight excluding hydrogens is 377 g/mol. The molecule has 2 aromatic rings. The maximum Gasteiger partial charge on any atom is 0.304 e. The number of ether oxygens (including phenoxy) is 3. The van der Waals surface area contributed by atoms with E-state index in [1.807, 2.05) is 60.7 Å². The molecule has 1 saturated heterocycles. The van der Waals surface area contributed by atoms with Gasteiger partial charge in [0, 0.05) is 6.92 Å². The molecular formula is C22H26FNO5. The molecule has 2 aromatic carbocycles. The van der Waals surface area contributed by atoms with Gasteiger partial charge in [0.25, 0.3) is 0 Å². The number of rotatable bonds is 10. The van der Waals surface area contributed by atoms with E-state index in [4.69, 9.17) is 19.0 Å². The standard InChI is InChI=1S/C22H26FNO5/c1-17(25)28-21-20(14-26-12-18-8-4-2-5-9-18)22(15-23,29-24-21)16-27-13-19-10-6-3-7-11-19/h2-11,20-21,24H,12-16H2,1H3/t20?,21-,22+/m0/s1. The van der Waals surface area contributed by atoms with Gasteiger partial charge in [-0.15, -0.1) is 0 Å². The lowest BCUT2D eigenvalue weighted by atomic mass is 9.89. The van der Waals surface area contributed by atoms with Gasteiger partial charge in [-0.2, -0.15) is 5.48 Å². The van der Waals surface area contributed by atoms with Gasteiger partial charge in [0.1, 0.15) is 6.67 Å². The molecule has 1 N–H and O–H groups in total. The first kappa shape index (κ1) is 21.4. The summed E-state index contributed by atoms with van der Waals surface area (Å²) in [4.78, 5) is 17.0. The highest BCUT2D eigenvalue weighted by atomic mass is 19.1. The molecule has 1 aliphatic heterocycles. The molecule has 3 atom stereocenters. The van der Waals surface area contributed by atoms with Gasteiger partial charge in [-0.1, -0.05) is 60.7 Å². The minimum absolute atomic E-state index is 0.0114. The second-order valence-corrected chi connectivity index (χ2v) is 7.03. The van der Waals surface area contributed by atoms with Gasteiger partial charge in [0.05, 0.1) is 32.3 Å². The van der Waals surface area contributed by atoms with E-state index in [0.29, 0.717) is 13.2 Å². The van der Waals surface area contributed by atoms with Crippen molar-refractivity contribution >= 4 is 5.97 Å². The highest BCUT2D eigenvalue weighted by Gasteiger charge is 2.53. The maximum atomic E-state index is 14.1. The summed E-state index contributed by atoms with van der Waals surface area (Å²) < 4.78 is 31.0. The van der Waals surface area contributed by atoms with Gasteiger partial charge >= 0.3 is 5.97 Å². The lowest BCUT2D eigenvalue weighted by molar-refractivity contribution is -0.153. The van der Waals surface area contributed by atoms with Crippen molar-refractivity contribution in [1.29, 1.82) is 0 Å². The van der Waals surface area contributed by atoms with Crippen LogP contribution in [0.2, 0.25) is 0 Å². The molecule has 1 unspecified atom stereocenters. The zero-order valence-corrected chi connectivity index (χ0v) is 16.4. The lowest BCUT2D eigenvalue weighted by Crippen LogP contribution is -2.47. The number of halogens is 1. The summed E-state index contributed by atoms with van der Waals surface area (Å²) >= 11 is 0. The van der Waals surface area contributed by atoms with Crippen molar-refractivity contribution in [3.63, 3.8) is 0 Å². The number of benzene rings is 2. The second-order valence-electron chi connectivity index (χ2n) is 7.03. The third kappa shape index (κ3) is 5.83. The molecule has 1 heterocycles. The van der Waals surface area contributed by atoms with Crippen LogP contribution < -0.4 is 5.48 Å². The molecule has 3 rings (SSSR count). The minimum atomic E-state index is -1.31. The van der Waals surface area contributed by atoms with Crippen molar-refractivity contribution in [3.05, 3.63) is 71.8 Å². The van der Waals surface area contributed by atoms with Crippen LogP contribution in [0.25, 0.3) is 0 Å². The average molecular weight is 403 g/mol. The van der Waals surface area contributed by atoms with Crippen LogP contribution in [0.5, 0.6) is 0 Å². The van der Waals surface area contributed by atoms with Crippen LogP contribution >= 0.6 is 0 Å². The van der Waals surface area contributed by atoms with E-state index in [1.54, 1.807) is 0 Å². The SMILES string of the molecule is CC(=O)O[C@@H]1NO[C@](CF)(COCc2ccccc2)C1COCc1ccccc1. The summed E-state index contributed by atoms with van der Waals surface area (Å²) in [5.74, 6) is -1.06. The van der Waals surface area contributed by atoms with Crippen LogP contribution in [0.4, 0.5) is 4.39 Å². The first-order valence-electron chi connectivity index (χ1n) is 9.53. The van der Waals surface area contributed by atoms with E-state index in [2.05, 4.69) is 5.48 Å². The molecule has 0 bridgehead atoms. The van der Waals surface area contributed by atoms with Gasteiger partial charge in [0.2, 0.25) is 0 Å². The second kappa shape index (κ2) is 10.5. The van der Waals surface area contributed by atoms with E-state index in [0.717, 1.165) is 11.1 Å². The molecule has 0 aromatic heterocycles. The molecule has 0 aliphatic carbocycles. The molecule has 0 radical (unpaired) electrons. The largest absolute Gasteiger partial charge is 0.444 e. The Morgan fingerprint density at radius 1 is 1.03 bits per heavy atom. The fourth-order valence-electron chi connectivity index (χ4n) is 3.23. The van der Waals surface area contributed by atoms with Crippen molar-refractivity contribution in [2.45, 2.75) is 32.0 Å². The topological polar surface area (TPSA) is 66.0 Å². The number of hydrogen-bond donors (Lipinski definition) is 1. The normalized spacial score (nSPS) is 23.8. The minimum Gasteiger partial charge on any atom is -0.444 e. The Bertz CT molecular complexity index is 760. The van der Waals surface area contributed by atoms with Crippen LogP contribution in [-0.2, 0) is 37.1 Å². The van der Waals surface area contributed by atoms with Crippen molar-refractivity contribution < 1.29 is 28.2 Å². The van der Waals surface area contributed by atoms with E-state index in [-0.39, 0.29) is 13.2 Å². The van der Waals surface area contributed by atoms with Crippen molar-refractivity contribution in [3.8, 4) is 0 Å². The molecule has 156 valence electrons. The predicted molar refractivity (Wildman–Crippen MR) is 104 cm³/mol. The van der Waals surface area contributed by atoms with Crippen LogP contribution in [-0.4, -0.2) is 37.7 Å². The smallest absolute Gasteiger partial charge is 0.304 e. The van der Waals surface area contributed by atoms with Crippen LogP contribution in [0.3, 0.4) is 0 Å². The molecule has 0 saturated carbocycles. The number of hydroxylamine groups is 1. The number of hydrogen-bond acceptors (Lipinski definition) is 6. The van der Waals surface area contributed by atoms with Crippen LogP contribution in [0.1, 0.15) is 18.1 Å². The maximum absolute atomic E-state index is 14.1. The van der Waals surface area contributed by atoms with Gasteiger partial charge in [-0.25, -0.2) is 4.39 Å². The zero-order chi connectivity index (χ0) is 20.5. The monoisotopic (exact) mass is 403 g/mol. The van der Waals surface area contributed by atoms with Crippen molar-refractivity contribution in [2.75, 3.05) is 19.9 Å². The van der Waals surface area contributed by atoms with Crippen LogP contribution in [0, 0.1) is 5.92 Å². The van der Waals surface area contributed by atoms with Gasteiger partial charge in [-0.3, -0.25) is 9.63 Å². The molecule has 6 nitrogen and oxygen atoms in total. The summed E-state index contributed by atoms with van der Waals surface area (Å²) in [6.45, 7) is 1.29. The summed E-state index contributed by atoms with van der Waals surface area (Å²) in [5.41, 5.74) is 3.29. The molecule has 29 heavy (non-hydrogen) atoms. The van der Waals surface area contributed by atoms with Gasteiger partial charge in [-0.05, 0) is 11.1 Å². The van der Waals surface area contributed by atoms with Gasteiger partial charge < -0.3 is 14.2 Å².